The van der Waals surface area contributed by atoms with E-state index in [2.05, 4.69) is 16.8 Å². The van der Waals surface area contributed by atoms with Crippen molar-refractivity contribution >= 4 is 29.0 Å². The molecule has 0 unspecified atom stereocenters. The smallest absolute Gasteiger partial charge is 0.277 e. The van der Waals surface area contributed by atoms with Gasteiger partial charge in [-0.2, -0.15) is 0 Å². The summed E-state index contributed by atoms with van der Waals surface area (Å²) in [4.78, 5) is 32.5. The quantitative estimate of drug-likeness (QED) is 0.648. The molecule has 0 bridgehead atoms. The van der Waals surface area contributed by atoms with E-state index >= 15 is 0 Å². The lowest BCUT2D eigenvalue weighted by atomic mass is 10.0. The van der Waals surface area contributed by atoms with Gasteiger partial charge >= 0.3 is 0 Å². The number of hydrogen-bond donors (Lipinski definition) is 0. The molecule has 0 aromatic heterocycles. The number of likely N-dealkylation sites (N-methyl/N-ethyl adjacent to an activating group) is 1. The molecule has 2 heterocycles. The number of hydrogen-bond acceptors (Lipinski definition) is 5. The van der Waals surface area contributed by atoms with E-state index in [1.807, 2.05) is 36.4 Å². The zero-order valence-corrected chi connectivity index (χ0v) is 18.6. The van der Waals surface area contributed by atoms with Crippen LogP contribution in [0.2, 0.25) is 5.02 Å². The molecule has 0 atom stereocenters. The second-order valence-corrected chi connectivity index (χ2v) is 8.32. The van der Waals surface area contributed by atoms with Crippen molar-refractivity contribution in [3.8, 4) is 5.75 Å². The standard InChI is InChI=1S/C24H26ClN3O3/c1-26-13-15-27(16-14-26)22-21(18-5-7-19(25)8-6-18)23(29)28(24(22)30)12-11-17-3-9-20(31-2)10-4-17/h3-10H,11-16H2,1-2H3. The first-order chi connectivity index (χ1) is 15.0. The predicted octanol–water partition coefficient (Wildman–Crippen LogP) is 2.92. The van der Waals surface area contributed by atoms with E-state index in [1.54, 1.807) is 19.2 Å². The molecule has 31 heavy (non-hydrogen) atoms. The van der Waals surface area contributed by atoms with Crippen molar-refractivity contribution in [2.75, 3.05) is 46.9 Å². The molecule has 0 N–H and O–H groups in total. The molecule has 7 heteroatoms. The van der Waals surface area contributed by atoms with Gasteiger partial charge in [0.25, 0.3) is 11.8 Å². The fourth-order valence-electron chi connectivity index (χ4n) is 4.00. The fourth-order valence-corrected chi connectivity index (χ4v) is 4.13. The van der Waals surface area contributed by atoms with Crippen LogP contribution in [-0.2, 0) is 16.0 Å². The second-order valence-electron chi connectivity index (χ2n) is 7.88. The first kappa shape index (κ1) is 21.4. The Hall–Kier alpha value is -2.83. The molecule has 2 aromatic carbocycles. The van der Waals surface area contributed by atoms with Crippen LogP contribution in [0.5, 0.6) is 5.75 Å². The third kappa shape index (κ3) is 4.45. The third-order valence-electron chi connectivity index (χ3n) is 5.88. The van der Waals surface area contributed by atoms with E-state index < -0.39 is 0 Å². The number of methoxy groups -OCH3 is 1. The van der Waals surface area contributed by atoms with Crippen molar-refractivity contribution in [1.29, 1.82) is 0 Å². The minimum Gasteiger partial charge on any atom is -0.497 e. The SMILES string of the molecule is COc1ccc(CCN2C(=O)C(c3ccc(Cl)cc3)=C(N3CCN(C)CC3)C2=O)cc1. The number of rotatable bonds is 6. The van der Waals surface area contributed by atoms with Crippen LogP contribution >= 0.6 is 11.6 Å². The zero-order valence-electron chi connectivity index (χ0n) is 17.8. The van der Waals surface area contributed by atoms with Gasteiger partial charge in [0.2, 0.25) is 0 Å². The summed E-state index contributed by atoms with van der Waals surface area (Å²) in [6.45, 7) is 3.47. The molecular formula is C24H26ClN3O3. The highest BCUT2D eigenvalue weighted by Gasteiger charge is 2.41. The van der Waals surface area contributed by atoms with E-state index in [0.29, 0.717) is 42.3 Å². The van der Waals surface area contributed by atoms with E-state index in [4.69, 9.17) is 16.3 Å². The predicted molar refractivity (Wildman–Crippen MR) is 121 cm³/mol. The first-order valence-corrected chi connectivity index (χ1v) is 10.8. The van der Waals surface area contributed by atoms with Gasteiger partial charge in [0.05, 0.1) is 12.7 Å². The van der Waals surface area contributed by atoms with Crippen molar-refractivity contribution in [1.82, 2.24) is 14.7 Å². The number of nitrogens with zero attached hydrogens (tertiary/aromatic N) is 3. The Morgan fingerprint density at radius 3 is 2.16 bits per heavy atom. The Morgan fingerprint density at radius 2 is 1.55 bits per heavy atom. The Kier molecular flexibility index (Phi) is 6.30. The van der Waals surface area contributed by atoms with Crippen molar-refractivity contribution in [3.05, 3.63) is 70.4 Å². The van der Waals surface area contributed by atoms with Crippen molar-refractivity contribution in [2.24, 2.45) is 0 Å². The molecular weight excluding hydrogens is 414 g/mol. The monoisotopic (exact) mass is 439 g/mol. The van der Waals surface area contributed by atoms with Crippen molar-refractivity contribution < 1.29 is 14.3 Å². The molecule has 0 radical (unpaired) electrons. The zero-order chi connectivity index (χ0) is 22.0. The number of halogens is 1. The van der Waals surface area contributed by atoms with Crippen molar-refractivity contribution in [2.45, 2.75) is 6.42 Å². The van der Waals surface area contributed by atoms with Crippen LogP contribution in [0.4, 0.5) is 0 Å². The highest BCUT2D eigenvalue weighted by atomic mass is 35.5. The number of imide groups is 1. The maximum atomic E-state index is 13.4. The van der Waals surface area contributed by atoms with Gasteiger partial charge in [-0.25, -0.2) is 0 Å². The van der Waals surface area contributed by atoms with Gasteiger partial charge in [-0.15, -0.1) is 0 Å². The highest BCUT2D eigenvalue weighted by Crippen LogP contribution is 2.33. The topological polar surface area (TPSA) is 53.1 Å². The lowest BCUT2D eigenvalue weighted by molar-refractivity contribution is -0.137. The van der Waals surface area contributed by atoms with E-state index in [-0.39, 0.29) is 11.8 Å². The molecule has 0 spiro atoms. The summed E-state index contributed by atoms with van der Waals surface area (Å²) in [5.41, 5.74) is 2.75. The third-order valence-corrected chi connectivity index (χ3v) is 6.13. The summed E-state index contributed by atoms with van der Waals surface area (Å²) >= 11 is 6.05. The molecule has 162 valence electrons. The normalized spacial score (nSPS) is 17.6. The molecule has 1 fully saturated rings. The maximum Gasteiger partial charge on any atom is 0.277 e. The van der Waals surface area contributed by atoms with Crippen LogP contribution in [0.15, 0.2) is 54.2 Å². The Morgan fingerprint density at radius 1 is 0.903 bits per heavy atom. The molecule has 0 saturated carbocycles. The van der Waals surface area contributed by atoms with Gasteiger partial charge in [-0.05, 0) is 48.9 Å². The van der Waals surface area contributed by atoms with Gasteiger partial charge in [0.15, 0.2) is 0 Å². The molecule has 0 aliphatic carbocycles. The minimum absolute atomic E-state index is 0.215. The van der Waals surface area contributed by atoms with Crippen LogP contribution in [0.3, 0.4) is 0 Å². The van der Waals surface area contributed by atoms with Gasteiger partial charge in [-0.3, -0.25) is 14.5 Å². The summed E-state index contributed by atoms with van der Waals surface area (Å²) in [6, 6.07) is 14.8. The molecule has 2 aliphatic rings. The van der Waals surface area contributed by atoms with Gasteiger partial charge in [0.1, 0.15) is 11.4 Å². The molecule has 2 aliphatic heterocycles. The summed E-state index contributed by atoms with van der Waals surface area (Å²) < 4.78 is 5.20. The van der Waals surface area contributed by atoms with Crippen LogP contribution < -0.4 is 4.74 Å². The average molecular weight is 440 g/mol. The summed E-state index contributed by atoms with van der Waals surface area (Å²) in [6.07, 6.45) is 0.589. The lowest BCUT2D eigenvalue weighted by Gasteiger charge is -2.34. The Labute approximate surface area is 187 Å². The summed E-state index contributed by atoms with van der Waals surface area (Å²) in [7, 11) is 3.69. The molecule has 4 rings (SSSR count). The van der Waals surface area contributed by atoms with Crippen LogP contribution in [-0.4, -0.2) is 73.4 Å². The summed E-state index contributed by atoms with van der Waals surface area (Å²) in [5, 5.41) is 0.596. The lowest BCUT2D eigenvalue weighted by Crippen LogP contribution is -2.46. The van der Waals surface area contributed by atoms with Gasteiger partial charge in [0, 0.05) is 37.7 Å². The summed E-state index contributed by atoms with van der Waals surface area (Å²) in [5.74, 6) is 0.323. The molecule has 6 nitrogen and oxygen atoms in total. The van der Waals surface area contributed by atoms with Crippen LogP contribution in [0, 0.1) is 0 Å². The number of amides is 2. The van der Waals surface area contributed by atoms with E-state index in [0.717, 1.165) is 30.0 Å². The molecule has 1 saturated heterocycles. The average Bonchev–Trinajstić information content (AvgIpc) is 3.03. The highest BCUT2D eigenvalue weighted by molar-refractivity contribution is 6.36. The van der Waals surface area contributed by atoms with Crippen LogP contribution in [0.1, 0.15) is 11.1 Å². The second kappa shape index (κ2) is 9.12. The number of ether oxygens (including phenoxy) is 1. The van der Waals surface area contributed by atoms with E-state index in [9.17, 15) is 9.59 Å². The van der Waals surface area contributed by atoms with Crippen molar-refractivity contribution in [3.63, 3.8) is 0 Å². The number of carbonyl (C=O) groups is 2. The molecule has 2 amide bonds. The number of carbonyl (C=O) groups excluding carboxylic acids is 2. The maximum absolute atomic E-state index is 13.4. The Bertz CT molecular complexity index is 994. The minimum atomic E-state index is -0.241. The van der Waals surface area contributed by atoms with Gasteiger partial charge < -0.3 is 14.5 Å². The first-order valence-electron chi connectivity index (χ1n) is 10.4. The van der Waals surface area contributed by atoms with Crippen LogP contribution in [0.25, 0.3) is 5.57 Å². The van der Waals surface area contributed by atoms with Gasteiger partial charge in [-0.1, -0.05) is 35.9 Å². The number of benzene rings is 2. The fraction of sp³-hybridized carbons (Fsp3) is 0.333. The largest absolute Gasteiger partial charge is 0.497 e. The number of piperazine rings is 1. The molecule has 2 aromatic rings. The van der Waals surface area contributed by atoms with E-state index in [1.165, 1.54) is 4.90 Å². The Balaban J connectivity index is 1.60.